The molecule has 0 fully saturated rings. The predicted molar refractivity (Wildman–Crippen MR) is 293 cm³/mol. The number of benzene rings is 11. The fraction of sp³-hybridized carbons (Fsp3) is 0.0294. The van der Waals surface area contributed by atoms with Crippen LogP contribution < -0.4 is 4.90 Å². The van der Waals surface area contributed by atoms with Gasteiger partial charge in [0.25, 0.3) is 0 Å². The third-order valence-electron chi connectivity index (χ3n) is 15.8. The molecule has 2 heteroatoms. The van der Waals surface area contributed by atoms with E-state index >= 15 is 0 Å². The molecule has 15 rings (SSSR count). The van der Waals surface area contributed by atoms with Crippen molar-refractivity contribution in [1.29, 1.82) is 0 Å². The molecule has 12 aromatic rings. The van der Waals surface area contributed by atoms with Gasteiger partial charge in [0, 0.05) is 37.1 Å². The number of nitrogens with zero attached hydrogens (tertiary/aromatic N) is 1. The number of hydrogen-bond donors (Lipinski definition) is 0. The van der Waals surface area contributed by atoms with Crippen molar-refractivity contribution in [2.75, 3.05) is 4.90 Å². The van der Waals surface area contributed by atoms with Crippen LogP contribution in [0.15, 0.2) is 261 Å². The Morgan fingerprint density at radius 3 is 1.30 bits per heavy atom. The molecule has 3 aliphatic rings. The van der Waals surface area contributed by atoms with E-state index in [2.05, 4.69) is 266 Å². The molecule has 0 aliphatic heterocycles. The topological polar surface area (TPSA) is 3.24 Å². The van der Waals surface area contributed by atoms with Crippen molar-refractivity contribution >= 4 is 48.6 Å². The first-order valence-electron chi connectivity index (χ1n) is 24.3. The van der Waals surface area contributed by atoms with Crippen molar-refractivity contribution in [3.05, 3.63) is 305 Å². The summed E-state index contributed by atoms with van der Waals surface area (Å²) < 4.78 is 2.64. The monoisotopic (exact) mass is 905 g/mol. The van der Waals surface area contributed by atoms with E-state index < -0.39 is 10.8 Å². The smallest absolute Gasteiger partial charge is 0.0720 e. The molecular weight excluding hydrogens is 863 g/mol. The molecule has 1 nitrogen and oxygen atoms in total. The van der Waals surface area contributed by atoms with Crippen molar-refractivity contribution in [2.45, 2.75) is 10.8 Å². The highest BCUT2D eigenvalue weighted by Gasteiger charge is 2.59. The van der Waals surface area contributed by atoms with Crippen LogP contribution in [0.4, 0.5) is 17.1 Å². The maximum Gasteiger partial charge on any atom is 0.0720 e. The molecule has 0 atom stereocenters. The van der Waals surface area contributed by atoms with Crippen LogP contribution in [0.5, 0.6) is 0 Å². The minimum atomic E-state index is -0.595. The molecule has 0 radical (unpaired) electrons. The molecule has 0 amide bonds. The fourth-order valence-electron chi connectivity index (χ4n) is 13.1. The summed E-state index contributed by atoms with van der Waals surface area (Å²) in [6.07, 6.45) is 0. The number of rotatable bonds is 5. The maximum atomic E-state index is 2.50. The second kappa shape index (κ2) is 15.0. The van der Waals surface area contributed by atoms with Crippen molar-refractivity contribution < 1.29 is 0 Å². The zero-order valence-corrected chi connectivity index (χ0v) is 39.0. The SMILES string of the molecule is c1ccc(-c2ccc(N(c3ccc(-c4cccc5c4sc4ccccc45)cc3)c3cccc4c3-c3ccccc3C43c4ccccc4C4(c5ccccc5-c5ccccc54)c4ccccc43)cc2)cc1. The summed E-state index contributed by atoms with van der Waals surface area (Å²) in [5.74, 6) is 0. The zero-order chi connectivity index (χ0) is 46.0. The van der Waals surface area contributed by atoms with E-state index in [9.17, 15) is 0 Å². The summed E-state index contributed by atoms with van der Waals surface area (Å²) in [5, 5.41) is 2.63. The average Bonchev–Trinajstić information content (AvgIpc) is 4.07. The summed E-state index contributed by atoms with van der Waals surface area (Å²) in [7, 11) is 0. The largest absolute Gasteiger partial charge is 0.310 e. The number of anilines is 3. The summed E-state index contributed by atoms with van der Waals surface area (Å²) in [6.45, 7) is 0. The van der Waals surface area contributed by atoms with Crippen molar-refractivity contribution in [3.8, 4) is 44.5 Å². The molecule has 2 spiro atoms. The number of hydrogen-bond acceptors (Lipinski definition) is 2. The molecule has 3 aliphatic carbocycles. The average molecular weight is 906 g/mol. The Morgan fingerprint density at radius 1 is 0.271 bits per heavy atom. The van der Waals surface area contributed by atoms with Crippen molar-refractivity contribution in [3.63, 3.8) is 0 Å². The highest BCUT2D eigenvalue weighted by Crippen LogP contribution is 2.68. The Kier molecular flexibility index (Phi) is 8.43. The van der Waals surface area contributed by atoms with Gasteiger partial charge >= 0.3 is 0 Å². The van der Waals surface area contributed by atoms with E-state index in [0.717, 1.165) is 17.1 Å². The van der Waals surface area contributed by atoms with E-state index in [0.29, 0.717) is 0 Å². The van der Waals surface area contributed by atoms with Crippen LogP contribution in [0, 0.1) is 0 Å². The Balaban J connectivity index is 0.974. The van der Waals surface area contributed by atoms with Crippen LogP contribution in [-0.4, -0.2) is 0 Å². The minimum absolute atomic E-state index is 0.491. The van der Waals surface area contributed by atoms with E-state index in [1.165, 1.54) is 109 Å². The third kappa shape index (κ3) is 5.21. The van der Waals surface area contributed by atoms with Crippen LogP contribution >= 0.6 is 11.3 Å². The lowest BCUT2D eigenvalue weighted by Crippen LogP contribution is -2.43. The lowest BCUT2D eigenvalue weighted by atomic mass is 9.52. The molecule has 326 valence electrons. The molecule has 0 saturated heterocycles. The lowest BCUT2D eigenvalue weighted by Gasteiger charge is -2.48. The van der Waals surface area contributed by atoms with Crippen LogP contribution in [0.2, 0.25) is 0 Å². The molecule has 1 aromatic heterocycles. The Morgan fingerprint density at radius 2 is 0.686 bits per heavy atom. The van der Waals surface area contributed by atoms with E-state index in [4.69, 9.17) is 0 Å². The minimum Gasteiger partial charge on any atom is -0.310 e. The Labute approximate surface area is 411 Å². The predicted octanol–water partition coefficient (Wildman–Crippen LogP) is 17.9. The molecule has 70 heavy (non-hydrogen) atoms. The van der Waals surface area contributed by atoms with Gasteiger partial charge < -0.3 is 4.90 Å². The van der Waals surface area contributed by atoms with Gasteiger partial charge in [-0.25, -0.2) is 0 Å². The highest BCUT2D eigenvalue weighted by atomic mass is 32.1. The normalized spacial score (nSPS) is 13.9. The standard InChI is InChI=1S/C68H43NS/c1-2-18-44(19-3-1)45-36-40-47(41-37-45)69(48-42-38-46(39-43-48)49-24-16-25-53-52-22-7-15-35-64(52)70-66(49)53)63-34-17-33-62-65(63)54-23-6-10-28-57(54)68(62)60-31-13-11-29-58(60)67(59-30-12-14-32-61(59)68)55-26-8-4-20-50(55)51-21-5-9-27-56(51)67/h1-43H. The van der Waals surface area contributed by atoms with Gasteiger partial charge in [-0.15, -0.1) is 11.3 Å². The van der Waals surface area contributed by atoms with Gasteiger partial charge in [-0.2, -0.15) is 0 Å². The molecule has 0 saturated carbocycles. The number of thiophene rings is 1. The van der Waals surface area contributed by atoms with E-state index in [1.807, 2.05) is 11.3 Å². The number of fused-ring (bicyclic) bond motifs is 19. The fourth-order valence-corrected chi connectivity index (χ4v) is 14.3. The molecular formula is C68H43NS. The van der Waals surface area contributed by atoms with Gasteiger partial charge in [0.1, 0.15) is 0 Å². The highest BCUT2D eigenvalue weighted by molar-refractivity contribution is 7.26. The Hall–Kier alpha value is -8.56. The summed E-state index contributed by atoms with van der Waals surface area (Å²) in [5.41, 5.74) is 23.0. The maximum absolute atomic E-state index is 2.50. The molecule has 0 unspecified atom stereocenters. The van der Waals surface area contributed by atoms with E-state index in [-0.39, 0.29) is 0 Å². The first-order chi connectivity index (χ1) is 34.7. The Bertz CT molecular complexity index is 3970. The molecule has 11 aromatic carbocycles. The second-order valence-corrected chi connectivity index (χ2v) is 20.1. The first kappa shape index (κ1) is 39.4. The summed E-state index contributed by atoms with van der Waals surface area (Å²) >= 11 is 1.88. The van der Waals surface area contributed by atoms with Gasteiger partial charge in [0.2, 0.25) is 0 Å². The zero-order valence-electron chi connectivity index (χ0n) is 38.2. The van der Waals surface area contributed by atoms with Gasteiger partial charge in [0.15, 0.2) is 0 Å². The van der Waals surface area contributed by atoms with Gasteiger partial charge in [-0.1, -0.05) is 224 Å². The van der Waals surface area contributed by atoms with Gasteiger partial charge in [-0.05, 0) is 120 Å². The van der Waals surface area contributed by atoms with Gasteiger partial charge in [-0.3, -0.25) is 0 Å². The van der Waals surface area contributed by atoms with Gasteiger partial charge in [0.05, 0.1) is 16.5 Å². The molecule has 0 bridgehead atoms. The van der Waals surface area contributed by atoms with Crippen molar-refractivity contribution in [2.24, 2.45) is 0 Å². The van der Waals surface area contributed by atoms with Crippen LogP contribution in [0.3, 0.4) is 0 Å². The first-order valence-corrected chi connectivity index (χ1v) is 25.2. The quantitative estimate of drug-likeness (QED) is 0.166. The lowest BCUT2D eigenvalue weighted by molar-refractivity contribution is 0.633. The van der Waals surface area contributed by atoms with Crippen LogP contribution in [0.1, 0.15) is 44.5 Å². The van der Waals surface area contributed by atoms with E-state index in [1.54, 1.807) is 0 Å². The molecule has 1 heterocycles. The molecule has 0 N–H and O–H groups in total. The second-order valence-electron chi connectivity index (χ2n) is 19.0. The summed E-state index contributed by atoms with van der Waals surface area (Å²) in [4.78, 5) is 2.50. The third-order valence-corrected chi connectivity index (χ3v) is 17.0. The van der Waals surface area contributed by atoms with Crippen molar-refractivity contribution in [1.82, 2.24) is 0 Å². The summed E-state index contributed by atoms with van der Waals surface area (Å²) in [6, 6.07) is 98.0. The van der Waals surface area contributed by atoms with Crippen LogP contribution in [-0.2, 0) is 10.8 Å². The van der Waals surface area contributed by atoms with Crippen LogP contribution in [0.25, 0.3) is 64.7 Å².